The molecule has 1 unspecified atom stereocenters. The van der Waals surface area contributed by atoms with Gasteiger partial charge in [0.05, 0.1) is 24.7 Å². The van der Waals surface area contributed by atoms with E-state index < -0.39 is 41.4 Å². The number of nitrogens with zero attached hydrogens (tertiary/aromatic N) is 1. The van der Waals surface area contributed by atoms with E-state index in [1.54, 1.807) is 26.0 Å². The molecule has 1 aromatic rings. The number of hydrogen-bond acceptors (Lipinski definition) is 4. The number of halogens is 2. The Labute approximate surface area is 134 Å². The summed E-state index contributed by atoms with van der Waals surface area (Å²) >= 11 is 0. The maximum Gasteiger partial charge on any atom is 0.251 e. The number of methoxy groups -OCH3 is 1. The van der Waals surface area contributed by atoms with Gasteiger partial charge in [0.2, 0.25) is 10.0 Å². The zero-order chi connectivity index (χ0) is 17.4. The van der Waals surface area contributed by atoms with Gasteiger partial charge in [0, 0.05) is 19.4 Å². The first-order chi connectivity index (χ1) is 10.6. The first-order valence-corrected chi connectivity index (χ1v) is 8.72. The summed E-state index contributed by atoms with van der Waals surface area (Å²) in [5.41, 5.74) is 0.965. The average molecular weight is 349 g/mol. The lowest BCUT2D eigenvalue weighted by Crippen LogP contribution is -2.51. The van der Waals surface area contributed by atoms with Crippen LogP contribution in [-0.4, -0.2) is 50.1 Å². The van der Waals surface area contributed by atoms with Crippen LogP contribution in [0.15, 0.2) is 17.0 Å². The van der Waals surface area contributed by atoms with Crippen molar-refractivity contribution in [3.05, 3.63) is 23.3 Å². The lowest BCUT2D eigenvalue weighted by atomic mass is 10.0. The second-order valence-electron chi connectivity index (χ2n) is 5.85. The molecule has 1 N–H and O–H groups in total. The van der Waals surface area contributed by atoms with Crippen molar-refractivity contribution in [1.82, 2.24) is 4.31 Å². The van der Waals surface area contributed by atoms with Crippen LogP contribution in [-0.2, 0) is 10.0 Å². The Morgan fingerprint density at radius 3 is 2.39 bits per heavy atom. The van der Waals surface area contributed by atoms with E-state index in [-0.39, 0.29) is 11.4 Å². The molecule has 1 fully saturated rings. The van der Waals surface area contributed by atoms with Crippen molar-refractivity contribution in [2.24, 2.45) is 0 Å². The van der Waals surface area contributed by atoms with Gasteiger partial charge in [0.25, 0.3) is 5.92 Å². The van der Waals surface area contributed by atoms with Gasteiger partial charge in [-0.05, 0) is 37.1 Å². The number of aryl methyl sites for hydroxylation is 2. The van der Waals surface area contributed by atoms with Crippen LogP contribution >= 0.6 is 0 Å². The summed E-state index contributed by atoms with van der Waals surface area (Å²) in [5.74, 6) is -2.42. The van der Waals surface area contributed by atoms with Crippen LogP contribution in [0.2, 0.25) is 0 Å². The van der Waals surface area contributed by atoms with Crippen molar-refractivity contribution in [2.45, 2.75) is 43.5 Å². The number of ether oxygens (including phenoxy) is 1. The van der Waals surface area contributed by atoms with Crippen LogP contribution < -0.4 is 4.74 Å². The molecule has 23 heavy (non-hydrogen) atoms. The van der Waals surface area contributed by atoms with Gasteiger partial charge in [-0.1, -0.05) is 0 Å². The minimum absolute atomic E-state index is 0.0852. The molecule has 0 aliphatic carbocycles. The molecule has 1 aliphatic heterocycles. The van der Waals surface area contributed by atoms with Crippen molar-refractivity contribution in [3.63, 3.8) is 0 Å². The van der Waals surface area contributed by atoms with Gasteiger partial charge in [-0.25, -0.2) is 17.2 Å². The van der Waals surface area contributed by atoms with E-state index in [1.165, 1.54) is 7.11 Å². The number of alkyl halides is 2. The molecule has 0 amide bonds. The molecule has 0 bridgehead atoms. The Morgan fingerprint density at radius 2 is 1.91 bits per heavy atom. The lowest BCUT2D eigenvalue weighted by Gasteiger charge is -2.37. The Bertz CT molecular complexity index is 668. The number of rotatable bonds is 4. The number of piperidine rings is 1. The zero-order valence-electron chi connectivity index (χ0n) is 13.3. The maximum atomic E-state index is 13.5. The summed E-state index contributed by atoms with van der Waals surface area (Å²) in [6.45, 7) is 2.32. The third-order valence-corrected chi connectivity index (χ3v) is 6.34. The smallest absolute Gasteiger partial charge is 0.251 e. The molecule has 1 atom stereocenters. The largest absolute Gasteiger partial charge is 0.497 e. The van der Waals surface area contributed by atoms with E-state index >= 15 is 0 Å². The topological polar surface area (TPSA) is 66.8 Å². The second-order valence-corrected chi connectivity index (χ2v) is 7.68. The van der Waals surface area contributed by atoms with Crippen molar-refractivity contribution in [3.8, 4) is 5.75 Å². The molecular formula is C15H21F2NO4S. The summed E-state index contributed by atoms with van der Waals surface area (Å²) in [4.78, 5) is 0.0852. The van der Waals surface area contributed by atoms with Crippen LogP contribution in [0.25, 0.3) is 0 Å². The molecule has 1 aliphatic rings. The molecule has 0 aromatic heterocycles. The predicted octanol–water partition coefficient (Wildman–Crippen LogP) is 2.09. The van der Waals surface area contributed by atoms with Gasteiger partial charge in [0.1, 0.15) is 5.75 Å². The summed E-state index contributed by atoms with van der Waals surface area (Å²) < 4.78 is 59.0. The van der Waals surface area contributed by atoms with E-state index in [1.807, 2.05) is 0 Å². The Hall–Kier alpha value is -1.25. The maximum absolute atomic E-state index is 13.5. The fraction of sp³-hybridized carbons (Fsp3) is 0.600. The third kappa shape index (κ3) is 3.49. The summed E-state index contributed by atoms with van der Waals surface area (Å²) in [6, 6.07) is 2.06. The Balaban J connectivity index is 2.46. The molecule has 8 heteroatoms. The highest BCUT2D eigenvalue weighted by atomic mass is 32.2. The molecule has 130 valence electrons. The predicted molar refractivity (Wildman–Crippen MR) is 81.4 cm³/mol. The van der Waals surface area contributed by atoms with E-state index in [4.69, 9.17) is 4.74 Å². The molecule has 1 aromatic carbocycles. The third-order valence-electron chi connectivity index (χ3n) is 4.09. The van der Waals surface area contributed by atoms with Gasteiger partial charge in [-0.3, -0.25) is 0 Å². The normalized spacial score (nSPS) is 22.1. The standard InChI is InChI=1S/C15H21F2NO4S/c1-10-6-13(22-3)7-11(2)14(10)23(20,21)18-5-4-15(16,17)8-12(18)9-19/h6-7,12,19H,4-5,8-9H2,1-3H3. The molecule has 5 nitrogen and oxygen atoms in total. The highest BCUT2D eigenvalue weighted by Gasteiger charge is 2.45. The first-order valence-electron chi connectivity index (χ1n) is 7.28. The summed E-state index contributed by atoms with van der Waals surface area (Å²) in [7, 11) is -2.49. The van der Waals surface area contributed by atoms with E-state index in [2.05, 4.69) is 0 Å². The fourth-order valence-corrected chi connectivity index (χ4v) is 5.06. The second kappa shape index (κ2) is 6.33. The summed E-state index contributed by atoms with van der Waals surface area (Å²) in [5, 5.41) is 9.37. The van der Waals surface area contributed by atoms with E-state index in [9.17, 15) is 22.3 Å². The molecular weight excluding hydrogens is 328 g/mol. The Morgan fingerprint density at radius 1 is 1.35 bits per heavy atom. The fourth-order valence-electron chi connectivity index (χ4n) is 3.03. The van der Waals surface area contributed by atoms with Gasteiger partial charge < -0.3 is 9.84 Å². The van der Waals surface area contributed by atoms with Gasteiger partial charge in [-0.15, -0.1) is 0 Å². The SMILES string of the molecule is COc1cc(C)c(S(=O)(=O)N2CCC(F)(F)CC2CO)c(C)c1. The van der Waals surface area contributed by atoms with Crippen molar-refractivity contribution < 1.29 is 27.0 Å². The van der Waals surface area contributed by atoms with Crippen LogP contribution in [0.1, 0.15) is 24.0 Å². The van der Waals surface area contributed by atoms with Gasteiger partial charge in [-0.2, -0.15) is 4.31 Å². The quantitative estimate of drug-likeness (QED) is 0.904. The van der Waals surface area contributed by atoms with Gasteiger partial charge in [0.15, 0.2) is 0 Å². The molecule has 1 heterocycles. The number of sulfonamides is 1. The van der Waals surface area contributed by atoms with E-state index in [0.717, 1.165) is 4.31 Å². The molecule has 2 rings (SSSR count). The van der Waals surface area contributed by atoms with Crippen LogP contribution in [0.5, 0.6) is 5.75 Å². The first kappa shape index (κ1) is 18.1. The van der Waals surface area contributed by atoms with Crippen molar-refractivity contribution >= 4 is 10.0 Å². The molecule has 1 saturated heterocycles. The minimum Gasteiger partial charge on any atom is -0.497 e. The average Bonchev–Trinajstić information content (AvgIpc) is 2.44. The Kier molecular flexibility index (Phi) is 4.98. The van der Waals surface area contributed by atoms with Crippen molar-refractivity contribution in [2.75, 3.05) is 20.3 Å². The lowest BCUT2D eigenvalue weighted by molar-refractivity contribution is -0.0676. The zero-order valence-corrected chi connectivity index (χ0v) is 14.2. The number of hydrogen-bond donors (Lipinski definition) is 1. The van der Waals surface area contributed by atoms with Crippen LogP contribution in [0.4, 0.5) is 8.78 Å². The highest BCUT2D eigenvalue weighted by molar-refractivity contribution is 7.89. The van der Waals surface area contributed by atoms with Crippen LogP contribution in [0, 0.1) is 13.8 Å². The number of benzene rings is 1. The van der Waals surface area contributed by atoms with Crippen molar-refractivity contribution in [1.29, 1.82) is 0 Å². The molecule has 0 radical (unpaired) electrons. The minimum atomic E-state index is -3.98. The highest BCUT2D eigenvalue weighted by Crippen LogP contribution is 2.36. The number of aliphatic hydroxyl groups is 1. The monoisotopic (exact) mass is 349 g/mol. The van der Waals surface area contributed by atoms with Gasteiger partial charge >= 0.3 is 0 Å². The van der Waals surface area contributed by atoms with E-state index in [0.29, 0.717) is 16.9 Å². The molecule has 0 saturated carbocycles. The summed E-state index contributed by atoms with van der Waals surface area (Å²) in [6.07, 6.45) is -1.21. The molecule has 0 spiro atoms. The number of aliphatic hydroxyl groups excluding tert-OH is 1. The van der Waals surface area contributed by atoms with Crippen LogP contribution in [0.3, 0.4) is 0 Å².